The molecule has 29 heavy (non-hydrogen) atoms. The largest absolute Gasteiger partial charge is 0.464 e. The van der Waals surface area contributed by atoms with Crippen LogP contribution in [0.5, 0.6) is 0 Å². The summed E-state index contributed by atoms with van der Waals surface area (Å²) in [6.45, 7) is 3.07. The molecule has 3 heterocycles. The minimum absolute atomic E-state index is 0.325. The van der Waals surface area contributed by atoms with Crippen LogP contribution in [0.1, 0.15) is 28.0 Å². The Labute approximate surface area is 175 Å². The Morgan fingerprint density at radius 1 is 1.07 bits per heavy atom. The highest BCUT2D eigenvalue weighted by Gasteiger charge is 2.20. The Balaban J connectivity index is 1.69. The molecule has 0 amide bonds. The number of rotatable bonds is 4. The van der Waals surface area contributed by atoms with Crippen molar-refractivity contribution >= 4 is 66.1 Å². The Morgan fingerprint density at radius 3 is 2.62 bits per heavy atom. The number of hydrogen-bond donors (Lipinski definition) is 0. The van der Waals surface area contributed by atoms with E-state index in [1.54, 1.807) is 22.7 Å². The lowest BCUT2D eigenvalue weighted by Crippen LogP contribution is -2.33. The number of nitrogens with zero attached hydrogens (tertiary/aromatic N) is 2. The van der Waals surface area contributed by atoms with Crippen molar-refractivity contribution in [2.45, 2.75) is 13.5 Å². The molecule has 0 radical (unpaired) electrons. The normalized spacial score (nSPS) is 11.9. The van der Waals surface area contributed by atoms with Crippen LogP contribution >= 0.6 is 22.7 Å². The number of esters is 1. The fraction of sp³-hybridized carbons (Fsp3) is 0.130. The van der Waals surface area contributed by atoms with Gasteiger partial charge in [-0.05, 0) is 37.3 Å². The van der Waals surface area contributed by atoms with Crippen LogP contribution in [-0.4, -0.2) is 17.5 Å². The maximum atomic E-state index is 12.4. The first-order valence-electron chi connectivity index (χ1n) is 9.42. The first kappa shape index (κ1) is 18.1. The fourth-order valence-electron chi connectivity index (χ4n) is 3.73. The van der Waals surface area contributed by atoms with Crippen LogP contribution in [0.25, 0.3) is 37.4 Å². The summed E-state index contributed by atoms with van der Waals surface area (Å²) in [6.07, 6.45) is 4.25. The molecule has 6 heteroatoms. The van der Waals surface area contributed by atoms with Crippen LogP contribution in [-0.2, 0) is 11.3 Å². The van der Waals surface area contributed by atoms with E-state index >= 15 is 0 Å². The monoisotopic (exact) mass is 419 g/mol. The summed E-state index contributed by atoms with van der Waals surface area (Å²) in [4.78, 5) is 13.5. The molecule has 0 saturated heterocycles. The van der Waals surface area contributed by atoms with E-state index < -0.39 is 0 Å². The SMILES string of the molecule is CC[n+]1c(/C=C/c2cc(C(=O)OC)n3c2sc2ccccc23)sc2ccccc21. The van der Waals surface area contributed by atoms with Crippen LogP contribution in [0.4, 0.5) is 0 Å². The van der Waals surface area contributed by atoms with Crippen LogP contribution in [0.15, 0.2) is 54.6 Å². The molecule has 5 aromatic rings. The van der Waals surface area contributed by atoms with Gasteiger partial charge in [0.25, 0.3) is 5.01 Å². The second-order valence-corrected chi connectivity index (χ2v) is 8.77. The zero-order chi connectivity index (χ0) is 20.0. The molecule has 2 aromatic carbocycles. The molecule has 0 saturated carbocycles. The van der Waals surface area contributed by atoms with E-state index in [2.05, 4.69) is 54.0 Å². The van der Waals surface area contributed by atoms with E-state index in [1.165, 1.54) is 22.3 Å². The molecule has 4 nitrogen and oxygen atoms in total. The van der Waals surface area contributed by atoms with Gasteiger partial charge in [0.15, 0.2) is 0 Å². The average Bonchev–Trinajstić information content (AvgIpc) is 3.41. The number of aryl methyl sites for hydroxylation is 1. The Morgan fingerprint density at radius 2 is 1.83 bits per heavy atom. The van der Waals surface area contributed by atoms with E-state index in [-0.39, 0.29) is 5.97 Å². The lowest BCUT2D eigenvalue weighted by molar-refractivity contribution is -0.665. The number of methoxy groups -OCH3 is 1. The smallest absolute Gasteiger partial charge is 0.355 e. The van der Waals surface area contributed by atoms with E-state index in [9.17, 15) is 4.79 Å². The summed E-state index contributed by atoms with van der Waals surface area (Å²) in [5.74, 6) is -0.325. The van der Waals surface area contributed by atoms with Crippen molar-refractivity contribution in [1.82, 2.24) is 4.40 Å². The highest BCUT2D eigenvalue weighted by Crippen LogP contribution is 2.33. The number of fused-ring (bicyclic) bond motifs is 4. The average molecular weight is 420 g/mol. The third-order valence-electron chi connectivity index (χ3n) is 5.05. The quantitative estimate of drug-likeness (QED) is 0.279. The van der Waals surface area contributed by atoms with Gasteiger partial charge in [-0.3, -0.25) is 4.40 Å². The lowest BCUT2D eigenvalue weighted by atomic mass is 10.3. The second-order valence-electron chi connectivity index (χ2n) is 6.67. The molecule has 5 rings (SSSR count). The predicted octanol–water partition coefficient (Wildman–Crippen LogP) is 5.63. The van der Waals surface area contributed by atoms with Gasteiger partial charge in [0.1, 0.15) is 21.8 Å². The zero-order valence-electron chi connectivity index (χ0n) is 16.1. The molecular weight excluding hydrogens is 400 g/mol. The van der Waals surface area contributed by atoms with Crippen molar-refractivity contribution in [2.75, 3.05) is 7.11 Å². The maximum absolute atomic E-state index is 12.4. The molecule has 0 atom stereocenters. The summed E-state index contributed by atoms with van der Waals surface area (Å²) in [5, 5.41) is 1.19. The number of carbonyl (C=O) groups excluding carboxylic acids is 1. The van der Waals surface area contributed by atoms with E-state index in [1.807, 2.05) is 28.7 Å². The minimum Gasteiger partial charge on any atom is -0.464 e. The summed E-state index contributed by atoms with van der Waals surface area (Å²) < 4.78 is 11.8. The summed E-state index contributed by atoms with van der Waals surface area (Å²) in [6, 6.07) is 18.5. The van der Waals surface area contributed by atoms with Crippen molar-refractivity contribution in [3.05, 3.63) is 70.9 Å². The Bertz CT molecular complexity index is 1400. The van der Waals surface area contributed by atoms with Gasteiger partial charge < -0.3 is 4.74 Å². The van der Waals surface area contributed by atoms with Gasteiger partial charge in [0.2, 0.25) is 5.52 Å². The molecule has 0 N–H and O–H groups in total. The van der Waals surface area contributed by atoms with Crippen LogP contribution in [0, 0.1) is 0 Å². The summed E-state index contributed by atoms with van der Waals surface area (Å²) in [7, 11) is 1.42. The first-order valence-corrected chi connectivity index (χ1v) is 11.1. The molecule has 0 spiro atoms. The van der Waals surface area contributed by atoms with Crippen LogP contribution in [0.3, 0.4) is 0 Å². The lowest BCUT2D eigenvalue weighted by Gasteiger charge is -1.98. The molecule has 144 valence electrons. The highest BCUT2D eigenvalue weighted by atomic mass is 32.1. The van der Waals surface area contributed by atoms with Crippen molar-refractivity contribution in [3.63, 3.8) is 0 Å². The zero-order valence-corrected chi connectivity index (χ0v) is 17.7. The van der Waals surface area contributed by atoms with Crippen LogP contribution in [0.2, 0.25) is 0 Å². The third kappa shape index (κ3) is 2.87. The molecule has 0 aliphatic heterocycles. The van der Waals surface area contributed by atoms with E-state index in [4.69, 9.17) is 4.74 Å². The topological polar surface area (TPSA) is 34.6 Å². The molecule has 0 aliphatic carbocycles. The number of hydrogen-bond acceptors (Lipinski definition) is 4. The van der Waals surface area contributed by atoms with Gasteiger partial charge in [0, 0.05) is 17.7 Å². The standard InChI is InChI=1S/C23H19N2O2S2/c1-3-24-16-8-4-6-10-19(16)28-21(24)13-12-15-14-18(23(26)27-2)25-17-9-5-7-11-20(17)29-22(15)25/h4-14H,3H2,1-2H3/q+1. The molecule has 0 fully saturated rings. The van der Waals surface area contributed by atoms with Gasteiger partial charge in [0.05, 0.1) is 17.3 Å². The second kappa shape index (κ2) is 7.13. The van der Waals surface area contributed by atoms with E-state index in [0.717, 1.165) is 27.2 Å². The number of thiazole rings is 2. The predicted molar refractivity (Wildman–Crippen MR) is 121 cm³/mol. The number of carbonyl (C=O) groups is 1. The number of para-hydroxylation sites is 2. The van der Waals surface area contributed by atoms with E-state index in [0.29, 0.717) is 5.69 Å². The van der Waals surface area contributed by atoms with Crippen molar-refractivity contribution in [1.29, 1.82) is 0 Å². The molecular formula is C23H19N2O2S2+. The van der Waals surface area contributed by atoms with Gasteiger partial charge in [-0.1, -0.05) is 35.6 Å². The first-order chi connectivity index (χ1) is 14.2. The Kier molecular flexibility index (Phi) is 4.45. The van der Waals surface area contributed by atoms with Crippen molar-refractivity contribution < 1.29 is 14.1 Å². The van der Waals surface area contributed by atoms with Gasteiger partial charge in [-0.2, -0.15) is 4.57 Å². The van der Waals surface area contributed by atoms with Crippen molar-refractivity contribution in [2.24, 2.45) is 0 Å². The van der Waals surface area contributed by atoms with Gasteiger partial charge in [-0.25, -0.2) is 4.79 Å². The number of benzene rings is 2. The van der Waals surface area contributed by atoms with Gasteiger partial charge in [-0.15, -0.1) is 11.3 Å². The fourth-order valence-corrected chi connectivity index (χ4v) is 6.01. The summed E-state index contributed by atoms with van der Waals surface area (Å²) in [5.41, 5.74) is 3.85. The van der Waals surface area contributed by atoms with Crippen LogP contribution < -0.4 is 4.57 Å². The molecule has 0 aliphatic rings. The minimum atomic E-state index is -0.325. The highest BCUT2D eigenvalue weighted by molar-refractivity contribution is 7.24. The number of aromatic nitrogens is 2. The molecule has 0 bridgehead atoms. The number of ether oxygens (including phenoxy) is 1. The summed E-state index contributed by atoms with van der Waals surface area (Å²) >= 11 is 3.46. The molecule has 3 aromatic heterocycles. The van der Waals surface area contributed by atoms with Gasteiger partial charge >= 0.3 is 5.97 Å². The Hall–Kier alpha value is -2.96. The molecule has 0 unspecified atom stereocenters. The van der Waals surface area contributed by atoms with Crippen molar-refractivity contribution in [3.8, 4) is 0 Å². The third-order valence-corrected chi connectivity index (χ3v) is 7.36. The maximum Gasteiger partial charge on any atom is 0.355 e.